The maximum atomic E-state index is 12.6. The lowest BCUT2D eigenvalue weighted by Gasteiger charge is -2.36. The number of carbonyl (C=O) groups excluding carboxylic acids is 1. The first-order chi connectivity index (χ1) is 12.1. The number of hydrogen-bond acceptors (Lipinski definition) is 5. The second kappa shape index (κ2) is 9.25. The SMILES string of the molecule is CCOc1ccc(C(COC)NC(=O)N2CCN(C)C(C#N)C2)cc1. The van der Waals surface area contributed by atoms with E-state index in [0.717, 1.165) is 11.3 Å². The van der Waals surface area contributed by atoms with Crippen molar-refractivity contribution in [1.29, 1.82) is 5.26 Å². The van der Waals surface area contributed by atoms with Gasteiger partial charge in [0.2, 0.25) is 0 Å². The van der Waals surface area contributed by atoms with Gasteiger partial charge in [0.15, 0.2) is 0 Å². The van der Waals surface area contributed by atoms with Crippen molar-refractivity contribution < 1.29 is 14.3 Å². The van der Waals surface area contributed by atoms with Crippen molar-refractivity contribution in [3.63, 3.8) is 0 Å². The fourth-order valence-electron chi connectivity index (χ4n) is 2.79. The Morgan fingerprint density at radius 1 is 1.40 bits per heavy atom. The van der Waals surface area contributed by atoms with E-state index in [4.69, 9.17) is 9.47 Å². The van der Waals surface area contributed by atoms with Crippen molar-refractivity contribution in [2.24, 2.45) is 0 Å². The molecule has 0 radical (unpaired) electrons. The van der Waals surface area contributed by atoms with Gasteiger partial charge in [-0.05, 0) is 31.7 Å². The average Bonchev–Trinajstić information content (AvgIpc) is 2.62. The Bertz CT molecular complexity index is 599. The van der Waals surface area contributed by atoms with Crippen molar-refractivity contribution in [1.82, 2.24) is 15.1 Å². The molecule has 2 atom stereocenters. The number of hydrogen-bond donors (Lipinski definition) is 1. The summed E-state index contributed by atoms with van der Waals surface area (Å²) in [7, 11) is 3.51. The lowest BCUT2D eigenvalue weighted by atomic mass is 10.1. The molecule has 2 rings (SSSR count). The number of rotatable bonds is 6. The van der Waals surface area contributed by atoms with Crippen LogP contribution in [0.15, 0.2) is 24.3 Å². The van der Waals surface area contributed by atoms with Crippen LogP contribution in [-0.4, -0.2) is 68.9 Å². The summed E-state index contributed by atoms with van der Waals surface area (Å²) in [5, 5.41) is 12.2. The number of amides is 2. The summed E-state index contributed by atoms with van der Waals surface area (Å²) in [5.74, 6) is 0.796. The van der Waals surface area contributed by atoms with Crippen LogP contribution in [0.5, 0.6) is 5.75 Å². The van der Waals surface area contributed by atoms with Gasteiger partial charge in [-0.1, -0.05) is 12.1 Å². The molecule has 1 N–H and O–H groups in total. The van der Waals surface area contributed by atoms with E-state index in [9.17, 15) is 10.1 Å². The van der Waals surface area contributed by atoms with Crippen LogP contribution in [0.1, 0.15) is 18.5 Å². The third-order valence-electron chi connectivity index (χ3n) is 4.31. The molecule has 136 valence electrons. The molecule has 1 aromatic carbocycles. The van der Waals surface area contributed by atoms with E-state index in [-0.39, 0.29) is 18.1 Å². The molecule has 0 spiro atoms. The van der Waals surface area contributed by atoms with Crippen LogP contribution in [0.4, 0.5) is 4.79 Å². The number of carbonyl (C=O) groups is 1. The Morgan fingerprint density at radius 2 is 2.12 bits per heavy atom. The number of nitrogens with zero attached hydrogens (tertiary/aromatic N) is 3. The van der Waals surface area contributed by atoms with E-state index >= 15 is 0 Å². The Balaban J connectivity index is 2.03. The summed E-state index contributed by atoms with van der Waals surface area (Å²) >= 11 is 0. The van der Waals surface area contributed by atoms with Crippen molar-refractivity contribution >= 4 is 6.03 Å². The highest BCUT2D eigenvalue weighted by Gasteiger charge is 2.28. The maximum absolute atomic E-state index is 12.6. The van der Waals surface area contributed by atoms with Gasteiger partial charge in [-0.3, -0.25) is 4.90 Å². The van der Waals surface area contributed by atoms with Gasteiger partial charge in [-0.2, -0.15) is 5.26 Å². The molecule has 1 fully saturated rings. The third kappa shape index (κ3) is 5.08. The first-order valence-corrected chi connectivity index (χ1v) is 8.46. The minimum Gasteiger partial charge on any atom is -0.494 e. The predicted molar refractivity (Wildman–Crippen MR) is 94.4 cm³/mol. The van der Waals surface area contributed by atoms with Crippen LogP contribution in [0, 0.1) is 11.3 Å². The highest BCUT2D eigenvalue weighted by Crippen LogP contribution is 2.19. The molecule has 1 aromatic rings. The van der Waals surface area contributed by atoms with E-state index in [1.165, 1.54) is 0 Å². The fraction of sp³-hybridized carbons (Fsp3) is 0.556. The number of piperazine rings is 1. The van der Waals surface area contributed by atoms with Crippen molar-refractivity contribution in [2.45, 2.75) is 19.0 Å². The second-order valence-corrected chi connectivity index (χ2v) is 6.03. The Morgan fingerprint density at radius 3 is 2.72 bits per heavy atom. The molecule has 25 heavy (non-hydrogen) atoms. The van der Waals surface area contributed by atoms with E-state index in [1.807, 2.05) is 43.1 Å². The molecule has 7 nitrogen and oxygen atoms in total. The van der Waals surface area contributed by atoms with Crippen LogP contribution >= 0.6 is 0 Å². The first kappa shape index (κ1) is 19.0. The molecule has 7 heteroatoms. The fourth-order valence-corrected chi connectivity index (χ4v) is 2.79. The van der Waals surface area contributed by atoms with Gasteiger partial charge < -0.3 is 19.7 Å². The van der Waals surface area contributed by atoms with Crippen LogP contribution in [0.2, 0.25) is 0 Å². The minimum atomic E-state index is -0.272. The molecular weight excluding hydrogens is 320 g/mol. The molecule has 0 saturated carbocycles. The third-order valence-corrected chi connectivity index (χ3v) is 4.31. The molecule has 2 unspecified atom stereocenters. The van der Waals surface area contributed by atoms with E-state index < -0.39 is 0 Å². The van der Waals surface area contributed by atoms with E-state index in [0.29, 0.717) is 32.8 Å². The summed E-state index contributed by atoms with van der Waals surface area (Å²) < 4.78 is 10.7. The smallest absolute Gasteiger partial charge is 0.318 e. The quantitative estimate of drug-likeness (QED) is 0.847. The highest BCUT2D eigenvalue weighted by molar-refractivity contribution is 5.75. The number of methoxy groups -OCH3 is 1. The average molecular weight is 346 g/mol. The summed E-state index contributed by atoms with van der Waals surface area (Å²) in [6.45, 7) is 4.61. The minimum absolute atomic E-state index is 0.177. The first-order valence-electron chi connectivity index (χ1n) is 8.46. The van der Waals surface area contributed by atoms with Crippen LogP contribution in [-0.2, 0) is 4.74 Å². The summed E-state index contributed by atoms with van der Waals surface area (Å²) in [6, 6.07) is 9.15. The predicted octanol–water partition coefficient (Wildman–Crippen LogP) is 1.62. The highest BCUT2D eigenvalue weighted by atomic mass is 16.5. The molecular formula is C18H26N4O3. The number of ether oxygens (including phenoxy) is 2. The van der Waals surface area contributed by atoms with Gasteiger partial charge in [-0.15, -0.1) is 0 Å². The summed E-state index contributed by atoms with van der Waals surface area (Å²) in [4.78, 5) is 16.2. The Labute approximate surface area is 149 Å². The molecule has 1 aliphatic heterocycles. The molecule has 1 saturated heterocycles. The van der Waals surface area contributed by atoms with Crippen molar-refractivity contribution in [2.75, 3.05) is 47.0 Å². The second-order valence-electron chi connectivity index (χ2n) is 6.03. The summed E-state index contributed by atoms with van der Waals surface area (Å²) in [6.07, 6.45) is 0. The molecule has 1 aliphatic rings. The summed E-state index contributed by atoms with van der Waals surface area (Å²) in [5.41, 5.74) is 0.949. The molecule has 0 bridgehead atoms. The maximum Gasteiger partial charge on any atom is 0.318 e. The normalized spacial score (nSPS) is 19.1. The number of nitrogens with one attached hydrogen (secondary N) is 1. The van der Waals surface area contributed by atoms with Gasteiger partial charge in [-0.25, -0.2) is 4.79 Å². The largest absolute Gasteiger partial charge is 0.494 e. The van der Waals surface area contributed by atoms with E-state index in [1.54, 1.807) is 12.0 Å². The van der Waals surface area contributed by atoms with Crippen molar-refractivity contribution in [3.05, 3.63) is 29.8 Å². The number of nitriles is 1. The van der Waals surface area contributed by atoms with Gasteiger partial charge in [0, 0.05) is 20.2 Å². The molecule has 2 amide bonds. The molecule has 0 aliphatic carbocycles. The number of benzene rings is 1. The molecule has 0 aromatic heterocycles. The van der Waals surface area contributed by atoms with Crippen LogP contribution in [0.25, 0.3) is 0 Å². The zero-order chi connectivity index (χ0) is 18.2. The lowest BCUT2D eigenvalue weighted by molar-refractivity contribution is 0.121. The number of urea groups is 1. The van der Waals surface area contributed by atoms with Gasteiger partial charge in [0.05, 0.1) is 31.9 Å². The topological polar surface area (TPSA) is 77.8 Å². The van der Waals surface area contributed by atoms with Crippen molar-refractivity contribution in [3.8, 4) is 11.8 Å². The van der Waals surface area contributed by atoms with Crippen LogP contribution < -0.4 is 10.1 Å². The van der Waals surface area contributed by atoms with E-state index in [2.05, 4.69) is 11.4 Å². The Hall–Kier alpha value is -2.30. The van der Waals surface area contributed by atoms with Gasteiger partial charge in [0.1, 0.15) is 11.8 Å². The zero-order valence-corrected chi connectivity index (χ0v) is 15.1. The van der Waals surface area contributed by atoms with Crippen LogP contribution in [0.3, 0.4) is 0 Å². The zero-order valence-electron chi connectivity index (χ0n) is 15.1. The molecule has 1 heterocycles. The standard InChI is InChI=1S/C18H26N4O3/c1-4-25-16-7-5-14(6-8-16)17(13-24-3)20-18(23)22-10-9-21(2)15(11-19)12-22/h5-8,15,17H,4,9-10,12-13H2,1-3H3,(H,20,23). The lowest BCUT2D eigenvalue weighted by Crippen LogP contribution is -2.55. The van der Waals surface area contributed by atoms with Gasteiger partial charge in [0.25, 0.3) is 0 Å². The van der Waals surface area contributed by atoms with Gasteiger partial charge >= 0.3 is 6.03 Å². The monoisotopic (exact) mass is 346 g/mol. The Kier molecular flexibility index (Phi) is 7.04. The number of likely N-dealkylation sites (N-methyl/N-ethyl adjacent to an activating group) is 1.